The Bertz CT molecular complexity index is 322. The fraction of sp³-hybridized carbons (Fsp3) is 0.556. The molecule has 1 heterocycles. The number of carboxylic acids is 1. The number of nitrogens with zero attached hydrogens (tertiary/aromatic N) is 1. The summed E-state index contributed by atoms with van der Waals surface area (Å²) in [6.45, 7) is 2.48. The highest BCUT2D eigenvalue weighted by Crippen LogP contribution is 2.19. The van der Waals surface area contributed by atoms with E-state index in [0.29, 0.717) is 30.0 Å². The number of carbonyl (C=O) groups is 1. The molecule has 4 nitrogen and oxygen atoms in total. The summed E-state index contributed by atoms with van der Waals surface area (Å²) in [6, 6.07) is 0. The van der Waals surface area contributed by atoms with Crippen LogP contribution in [0.15, 0.2) is 0 Å². The Balaban J connectivity index is 2.83. The van der Waals surface area contributed by atoms with Crippen LogP contribution in [0, 0.1) is 0 Å². The molecular weight excluding hydrogens is 202 g/mol. The van der Waals surface area contributed by atoms with Gasteiger partial charge < -0.3 is 9.84 Å². The maximum Gasteiger partial charge on any atom is 0.347 e. The summed E-state index contributed by atoms with van der Waals surface area (Å²) in [7, 11) is 1.62. The van der Waals surface area contributed by atoms with Gasteiger partial charge in [-0.3, -0.25) is 0 Å². The first kappa shape index (κ1) is 11.1. The van der Waals surface area contributed by atoms with E-state index in [9.17, 15) is 4.79 Å². The van der Waals surface area contributed by atoms with Crippen LogP contribution < -0.4 is 0 Å². The molecule has 5 heteroatoms. The molecular formula is C9H13NO3S. The summed E-state index contributed by atoms with van der Waals surface area (Å²) in [6.07, 6.45) is 1.34. The van der Waals surface area contributed by atoms with Crippen molar-refractivity contribution in [1.29, 1.82) is 0 Å². The second kappa shape index (κ2) is 5.07. The van der Waals surface area contributed by atoms with E-state index in [4.69, 9.17) is 9.84 Å². The van der Waals surface area contributed by atoms with Crippen molar-refractivity contribution < 1.29 is 14.6 Å². The number of rotatable bonds is 5. The van der Waals surface area contributed by atoms with E-state index < -0.39 is 5.97 Å². The lowest BCUT2D eigenvalue weighted by molar-refractivity contribution is 0.0701. The molecule has 0 spiro atoms. The Morgan fingerprint density at radius 2 is 2.36 bits per heavy atom. The van der Waals surface area contributed by atoms with Gasteiger partial charge in [-0.15, -0.1) is 11.3 Å². The molecule has 0 aromatic carbocycles. The third-order valence-electron chi connectivity index (χ3n) is 1.79. The largest absolute Gasteiger partial charge is 0.477 e. The summed E-state index contributed by atoms with van der Waals surface area (Å²) in [4.78, 5) is 15.4. The second-order valence-electron chi connectivity index (χ2n) is 2.78. The Kier molecular flexibility index (Phi) is 4.03. The van der Waals surface area contributed by atoms with Crippen LogP contribution in [-0.2, 0) is 17.6 Å². The molecule has 0 unspecified atom stereocenters. The third kappa shape index (κ3) is 2.52. The first-order valence-corrected chi connectivity index (χ1v) is 5.21. The maximum absolute atomic E-state index is 10.8. The molecule has 0 bridgehead atoms. The van der Waals surface area contributed by atoms with Gasteiger partial charge in [0.25, 0.3) is 0 Å². The first-order valence-electron chi connectivity index (χ1n) is 4.39. The Morgan fingerprint density at radius 3 is 2.79 bits per heavy atom. The monoisotopic (exact) mass is 215 g/mol. The Labute approximate surface area is 86.6 Å². The van der Waals surface area contributed by atoms with Gasteiger partial charge in [0.15, 0.2) is 0 Å². The standard InChI is InChI=1S/C9H13NO3S/c1-3-6-8(9(11)12)14-7(10-6)4-5-13-2/h3-5H2,1-2H3,(H,11,12). The Morgan fingerprint density at radius 1 is 1.64 bits per heavy atom. The van der Waals surface area contributed by atoms with Crippen LogP contribution >= 0.6 is 11.3 Å². The SMILES string of the molecule is CCc1nc(CCOC)sc1C(=O)O. The van der Waals surface area contributed by atoms with Gasteiger partial charge in [-0.25, -0.2) is 9.78 Å². The summed E-state index contributed by atoms with van der Waals surface area (Å²) in [5.74, 6) is -0.886. The normalized spacial score (nSPS) is 10.4. The van der Waals surface area contributed by atoms with Gasteiger partial charge in [0.1, 0.15) is 4.88 Å². The molecule has 0 atom stereocenters. The van der Waals surface area contributed by atoms with E-state index in [2.05, 4.69) is 4.98 Å². The molecule has 0 aliphatic carbocycles. The van der Waals surface area contributed by atoms with E-state index in [0.717, 1.165) is 5.01 Å². The molecule has 0 radical (unpaired) electrons. The quantitative estimate of drug-likeness (QED) is 0.810. The van der Waals surface area contributed by atoms with Crippen molar-refractivity contribution in [3.05, 3.63) is 15.6 Å². The van der Waals surface area contributed by atoms with Crippen LogP contribution in [0.4, 0.5) is 0 Å². The zero-order chi connectivity index (χ0) is 10.6. The smallest absolute Gasteiger partial charge is 0.347 e. The minimum absolute atomic E-state index is 0.360. The first-order chi connectivity index (χ1) is 6.69. The van der Waals surface area contributed by atoms with Crippen molar-refractivity contribution in [2.45, 2.75) is 19.8 Å². The number of hydrogen-bond acceptors (Lipinski definition) is 4. The number of thiazole rings is 1. The molecule has 1 aromatic heterocycles. The number of aromatic nitrogens is 1. The molecule has 1 rings (SSSR count). The molecule has 0 saturated carbocycles. The van der Waals surface area contributed by atoms with Gasteiger partial charge in [0, 0.05) is 13.5 Å². The van der Waals surface area contributed by atoms with Crippen molar-refractivity contribution in [1.82, 2.24) is 4.98 Å². The number of carboxylic acid groups (broad SMARTS) is 1. The summed E-state index contributed by atoms with van der Waals surface area (Å²) in [5, 5.41) is 9.71. The molecule has 0 fully saturated rings. The van der Waals surface area contributed by atoms with Gasteiger partial charge in [-0.05, 0) is 6.42 Å². The van der Waals surface area contributed by atoms with Crippen LogP contribution in [0.25, 0.3) is 0 Å². The molecule has 0 aliphatic rings. The highest BCUT2D eigenvalue weighted by molar-refractivity contribution is 7.13. The van der Waals surface area contributed by atoms with E-state index in [1.807, 2.05) is 6.92 Å². The Hall–Kier alpha value is -0.940. The molecule has 78 valence electrons. The number of aryl methyl sites for hydroxylation is 1. The number of methoxy groups -OCH3 is 1. The summed E-state index contributed by atoms with van der Waals surface area (Å²) < 4.78 is 4.91. The van der Waals surface area contributed by atoms with E-state index in [1.165, 1.54) is 11.3 Å². The van der Waals surface area contributed by atoms with E-state index in [-0.39, 0.29) is 0 Å². The van der Waals surface area contributed by atoms with Crippen LogP contribution in [0.5, 0.6) is 0 Å². The van der Waals surface area contributed by atoms with Gasteiger partial charge in [0.05, 0.1) is 17.3 Å². The predicted molar refractivity (Wildman–Crippen MR) is 54.0 cm³/mol. The highest BCUT2D eigenvalue weighted by Gasteiger charge is 2.15. The number of hydrogen-bond donors (Lipinski definition) is 1. The maximum atomic E-state index is 10.8. The average molecular weight is 215 g/mol. The van der Waals surface area contributed by atoms with Gasteiger partial charge in [0.2, 0.25) is 0 Å². The lowest BCUT2D eigenvalue weighted by Crippen LogP contribution is -1.97. The van der Waals surface area contributed by atoms with Gasteiger partial charge in [-0.1, -0.05) is 6.92 Å². The van der Waals surface area contributed by atoms with Crippen LogP contribution in [0.3, 0.4) is 0 Å². The number of aromatic carboxylic acids is 1. The molecule has 0 amide bonds. The second-order valence-corrected chi connectivity index (χ2v) is 3.87. The molecule has 1 N–H and O–H groups in total. The predicted octanol–water partition coefficient (Wildman–Crippen LogP) is 1.59. The summed E-state index contributed by atoms with van der Waals surface area (Å²) >= 11 is 1.24. The zero-order valence-corrected chi connectivity index (χ0v) is 9.06. The molecule has 14 heavy (non-hydrogen) atoms. The fourth-order valence-electron chi connectivity index (χ4n) is 1.10. The van der Waals surface area contributed by atoms with Crippen LogP contribution in [-0.4, -0.2) is 29.8 Å². The molecule has 0 aliphatic heterocycles. The topological polar surface area (TPSA) is 59.4 Å². The van der Waals surface area contributed by atoms with Crippen molar-refractivity contribution >= 4 is 17.3 Å². The molecule has 1 aromatic rings. The molecule has 0 saturated heterocycles. The average Bonchev–Trinajstić information content (AvgIpc) is 2.57. The summed E-state index contributed by atoms with van der Waals surface area (Å²) in [5.41, 5.74) is 0.675. The van der Waals surface area contributed by atoms with Crippen molar-refractivity contribution in [3.63, 3.8) is 0 Å². The lowest BCUT2D eigenvalue weighted by atomic mass is 10.3. The fourth-order valence-corrected chi connectivity index (χ4v) is 2.08. The van der Waals surface area contributed by atoms with E-state index in [1.54, 1.807) is 7.11 Å². The number of ether oxygens (including phenoxy) is 1. The lowest BCUT2D eigenvalue weighted by Gasteiger charge is -1.92. The van der Waals surface area contributed by atoms with Crippen molar-refractivity contribution in [2.75, 3.05) is 13.7 Å². The minimum Gasteiger partial charge on any atom is -0.477 e. The third-order valence-corrected chi connectivity index (χ3v) is 2.94. The van der Waals surface area contributed by atoms with Gasteiger partial charge in [-0.2, -0.15) is 0 Å². The van der Waals surface area contributed by atoms with Crippen molar-refractivity contribution in [2.24, 2.45) is 0 Å². The zero-order valence-electron chi connectivity index (χ0n) is 8.24. The minimum atomic E-state index is -0.886. The van der Waals surface area contributed by atoms with Crippen LogP contribution in [0.1, 0.15) is 27.3 Å². The van der Waals surface area contributed by atoms with E-state index >= 15 is 0 Å². The van der Waals surface area contributed by atoms with Crippen LogP contribution in [0.2, 0.25) is 0 Å². The van der Waals surface area contributed by atoms with Gasteiger partial charge >= 0.3 is 5.97 Å². The highest BCUT2D eigenvalue weighted by atomic mass is 32.1. The van der Waals surface area contributed by atoms with Crippen molar-refractivity contribution in [3.8, 4) is 0 Å².